The van der Waals surface area contributed by atoms with E-state index in [0.717, 1.165) is 33.5 Å². The van der Waals surface area contributed by atoms with Crippen molar-refractivity contribution in [2.75, 3.05) is 7.11 Å². The molecule has 0 spiro atoms. The Bertz CT molecular complexity index is 1580. The van der Waals surface area contributed by atoms with Crippen molar-refractivity contribution < 1.29 is 9.15 Å². The highest BCUT2D eigenvalue weighted by atomic mass is 16.5. The topological polar surface area (TPSA) is 102 Å². The number of methoxy groups -OCH3 is 1. The van der Waals surface area contributed by atoms with E-state index in [2.05, 4.69) is 25.4 Å². The average Bonchev–Trinajstić information content (AvgIpc) is 3.57. The molecule has 0 saturated heterocycles. The molecular weight excluding hydrogens is 480 g/mol. The molecule has 0 saturated carbocycles. The molecule has 0 unspecified atom stereocenters. The number of H-pyrrole nitrogens is 1. The predicted octanol–water partition coefficient (Wildman–Crippen LogP) is 4.97. The Labute approximate surface area is 221 Å². The second-order valence-corrected chi connectivity index (χ2v) is 10.5. The quantitative estimate of drug-likeness (QED) is 0.313. The van der Waals surface area contributed by atoms with Gasteiger partial charge in [-0.1, -0.05) is 24.3 Å². The molecule has 38 heavy (non-hydrogen) atoms. The van der Waals surface area contributed by atoms with Crippen LogP contribution in [0.25, 0.3) is 10.9 Å². The first-order valence-corrected chi connectivity index (χ1v) is 12.5. The minimum atomic E-state index is -0.564. The predicted molar refractivity (Wildman–Crippen MR) is 145 cm³/mol. The monoisotopic (exact) mass is 512 g/mol. The lowest BCUT2D eigenvalue weighted by molar-refractivity contribution is 0.171. The molecule has 5 aromatic rings. The number of tetrazole rings is 1. The highest BCUT2D eigenvalue weighted by molar-refractivity contribution is 5.79. The maximum absolute atomic E-state index is 13.7. The number of aromatic amines is 1. The summed E-state index contributed by atoms with van der Waals surface area (Å²) in [5.74, 6) is 2.13. The molecule has 5 rings (SSSR count). The third-order valence-corrected chi connectivity index (χ3v) is 6.55. The van der Waals surface area contributed by atoms with Gasteiger partial charge in [-0.2, -0.15) is 0 Å². The number of nitrogens with zero attached hydrogens (tertiary/aromatic N) is 5. The summed E-state index contributed by atoms with van der Waals surface area (Å²) in [6.07, 6.45) is 1.65. The van der Waals surface area contributed by atoms with Crippen molar-refractivity contribution in [2.45, 2.75) is 52.4 Å². The van der Waals surface area contributed by atoms with Gasteiger partial charge in [0.15, 0.2) is 5.82 Å². The first-order valence-electron chi connectivity index (χ1n) is 12.5. The molecule has 2 aromatic carbocycles. The summed E-state index contributed by atoms with van der Waals surface area (Å²) >= 11 is 0. The van der Waals surface area contributed by atoms with Crippen LogP contribution in [0.3, 0.4) is 0 Å². The van der Waals surface area contributed by atoms with Crippen LogP contribution in [0.1, 0.15) is 55.1 Å². The van der Waals surface area contributed by atoms with Gasteiger partial charge in [-0.25, -0.2) is 4.68 Å². The summed E-state index contributed by atoms with van der Waals surface area (Å²) in [6.45, 7) is 9.07. The number of hydrogen-bond acceptors (Lipinski definition) is 7. The maximum atomic E-state index is 13.7. The molecule has 0 fully saturated rings. The SMILES string of the molecule is COc1ccc(CN(Cc2ccco2)[C@H](c2cc3ccc(C)cc3[nH]c2=O)c2nnnn2C(C)(C)C)cc1. The molecule has 196 valence electrons. The molecule has 9 heteroatoms. The van der Waals surface area contributed by atoms with Gasteiger partial charge in [-0.3, -0.25) is 9.69 Å². The van der Waals surface area contributed by atoms with Crippen molar-refractivity contribution in [3.8, 4) is 5.75 Å². The van der Waals surface area contributed by atoms with E-state index in [0.29, 0.717) is 24.5 Å². The van der Waals surface area contributed by atoms with Crippen molar-refractivity contribution in [1.82, 2.24) is 30.1 Å². The molecule has 0 bridgehead atoms. The maximum Gasteiger partial charge on any atom is 0.253 e. The van der Waals surface area contributed by atoms with Crippen LogP contribution in [0, 0.1) is 6.92 Å². The number of fused-ring (bicyclic) bond motifs is 1. The van der Waals surface area contributed by atoms with Gasteiger partial charge >= 0.3 is 0 Å². The molecule has 9 nitrogen and oxygen atoms in total. The minimum absolute atomic E-state index is 0.185. The number of rotatable bonds is 8. The number of pyridine rings is 1. The van der Waals surface area contributed by atoms with Crippen LogP contribution in [0.2, 0.25) is 0 Å². The zero-order valence-electron chi connectivity index (χ0n) is 22.3. The third kappa shape index (κ3) is 5.24. The van der Waals surface area contributed by atoms with E-state index >= 15 is 0 Å². The van der Waals surface area contributed by atoms with Gasteiger partial charge in [0.25, 0.3) is 5.56 Å². The van der Waals surface area contributed by atoms with Gasteiger partial charge in [0, 0.05) is 17.6 Å². The molecule has 0 amide bonds. The highest BCUT2D eigenvalue weighted by Crippen LogP contribution is 2.32. The molecule has 1 atom stereocenters. The second kappa shape index (κ2) is 10.3. The summed E-state index contributed by atoms with van der Waals surface area (Å²) in [7, 11) is 1.65. The van der Waals surface area contributed by atoms with Crippen LogP contribution in [0.4, 0.5) is 0 Å². The first kappa shape index (κ1) is 25.4. The number of nitrogens with one attached hydrogen (secondary N) is 1. The fourth-order valence-corrected chi connectivity index (χ4v) is 4.68. The second-order valence-electron chi connectivity index (χ2n) is 10.5. The van der Waals surface area contributed by atoms with E-state index < -0.39 is 11.6 Å². The van der Waals surface area contributed by atoms with E-state index in [-0.39, 0.29) is 5.56 Å². The summed E-state index contributed by atoms with van der Waals surface area (Å²) in [5.41, 5.74) is 2.88. The van der Waals surface area contributed by atoms with Crippen LogP contribution in [0.5, 0.6) is 5.75 Å². The van der Waals surface area contributed by atoms with E-state index in [1.54, 1.807) is 18.1 Å². The van der Waals surface area contributed by atoms with Crippen molar-refractivity contribution in [3.63, 3.8) is 0 Å². The number of aryl methyl sites for hydroxylation is 1. The molecular formula is C29H32N6O3. The van der Waals surface area contributed by atoms with Crippen molar-refractivity contribution in [1.29, 1.82) is 0 Å². The smallest absolute Gasteiger partial charge is 0.253 e. The molecule has 0 radical (unpaired) electrons. The van der Waals surface area contributed by atoms with Gasteiger partial charge in [0.2, 0.25) is 0 Å². The average molecular weight is 513 g/mol. The van der Waals surface area contributed by atoms with Crippen LogP contribution >= 0.6 is 0 Å². The number of aromatic nitrogens is 5. The first-order chi connectivity index (χ1) is 18.2. The van der Waals surface area contributed by atoms with Crippen molar-refractivity contribution in [3.05, 3.63) is 106 Å². The standard InChI is InChI=1S/C29H32N6O3/c1-19-8-11-21-16-24(28(36)30-25(21)15-19)26(27-31-32-33-35(27)29(2,3)4)34(18-23-7-6-14-38-23)17-20-9-12-22(37-5)13-10-20/h6-16,26H,17-18H2,1-5H3,(H,30,36)/t26-/m1/s1. The van der Waals surface area contributed by atoms with Crippen LogP contribution in [-0.4, -0.2) is 37.2 Å². The fraction of sp³-hybridized carbons (Fsp3) is 0.310. The molecule has 1 N–H and O–H groups in total. The molecule has 3 heterocycles. The number of hydrogen-bond donors (Lipinski definition) is 1. The number of furan rings is 1. The fourth-order valence-electron chi connectivity index (χ4n) is 4.68. The lowest BCUT2D eigenvalue weighted by Crippen LogP contribution is -2.37. The number of ether oxygens (including phenoxy) is 1. The van der Waals surface area contributed by atoms with Crippen LogP contribution in [-0.2, 0) is 18.6 Å². The van der Waals surface area contributed by atoms with E-state index in [1.807, 2.05) is 88.4 Å². The Kier molecular flexibility index (Phi) is 6.86. The molecule has 0 aliphatic rings. The minimum Gasteiger partial charge on any atom is -0.497 e. The summed E-state index contributed by atoms with van der Waals surface area (Å²) in [6, 6.07) is 19.1. The van der Waals surface area contributed by atoms with Gasteiger partial charge in [0.05, 0.1) is 25.5 Å². The Balaban J connectivity index is 1.70. The van der Waals surface area contributed by atoms with Gasteiger partial charge in [-0.05, 0) is 91.0 Å². The zero-order valence-corrected chi connectivity index (χ0v) is 22.3. The zero-order chi connectivity index (χ0) is 26.9. The molecule has 0 aliphatic heterocycles. The molecule has 0 aliphatic carbocycles. The lowest BCUT2D eigenvalue weighted by Gasteiger charge is -2.32. The summed E-state index contributed by atoms with van der Waals surface area (Å²) in [5, 5.41) is 13.8. The van der Waals surface area contributed by atoms with E-state index in [1.165, 1.54) is 0 Å². The van der Waals surface area contributed by atoms with Gasteiger partial charge in [-0.15, -0.1) is 5.10 Å². The Morgan fingerprint density at radius 3 is 2.55 bits per heavy atom. The Morgan fingerprint density at radius 2 is 1.87 bits per heavy atom. The third-order valence-electron chi connectivity index (χ3n) is 6.55. The highest BCUT2D eigenvalue weighted by Gasteiger charge is 2.34. The summed E-state index contributed by atoms with van der Waals surface area (Å²) < 4.78 is 12.9. The summed E-state index contributed by atoms with van der Waals surface area (Å²) in [4.78, 5) is 18.9. The van der Waals surface area contributed by atoms with Crippen molar-refractivity contribution in [2.24, 2.45) is 0 Å². The van der Waals surface area contributed by atoms with E-state index in [9.17, 15) is 4.79 Å². The largest absolute Gasteiger partial charge is 0.497 e. The van der Waals surface area contributed by atoms with Crippen LogP contribution in [0.15, 0.2) is 76.1 Å². The Morgan fingerprint density at radius 1 is 1.08 bits per heavy atom. The van der Waals surface area contributed by atoms with Crippen LogP contribution < -0.4 is 10.3 Å². The van der Waals surface area contributed by atoms with Crippen molar-refractivity contribution >= 4 is 10.9 Å². The number of benzene rings is 2. The normalized spacial score (nSPS) is 12.8. The van der Waals surface area contributed by atoms with Gasteiger partial charge in [0.1, 0.15) is 17.6 Å². The Hall–Kier alpha value is -4.24. The van der Waals surface area contributed by atoms with E-state index in [4.69, 9.17) is 9.15 Å². The lowest BCUT2D eigenvalue weighted by atomic mass is 10.0. The molecule has 3 aromatic heterocycles. The van der Waals surface area contributed by atoms with Gasteiger partial charge < -0.3 is 14.1 Å².